The highest BCUT2D eigenvalue weighted by Crippen LogP contribution is 2.22. The zero-order chi connectivity index (χ0) is 29.2. The average molecular weight is 553 g/mol. The van der Waals surface area contributed by atoms with Crippen molar-refractivity contribution in [1.82, 2.24) is 0 Å². The number of nitrogens with two attached hydrogens (primary N) is 1. The van der Waals surface area contributed by atoms with Crippen LogP contribution < -0.4 is 11.1 Å². The lowest BCUT2D eigenvalue weighted by Crippen LogP contribution is -1.98. The number of halogens is 1. The maximum absolute atomic E-state index is 10.6. The molecule has 0 aliphatic carbocycles. The van der Waals surface area contributed by atoms with Crippen molar-refractivity contribution < 1.29 is 29.3 Å². The standard InChI is InChI=1S/C12H10N2O2.C7H4ClNO4.C6H7N.CO2/c15-14(16)12-8-4-7-11(9-12)13-10-5-2-1-3-6-10;8-6-3-4(9(12)13)1-2-5(6)7(10)11;7-6-4-2-1-3-5-6;2-1-3/h1-9,13H;1-3H,(H,10,11);1-5H,7H2;. The first-order chi connectivity index (χ1) is 18.6. The van der Waals surface area contributed by atoms with E-state index in [1.165, 1.54) is 12.1 Å². The van der Waals surface area contributed by atoms with Crippen LogP contribution in [0.15, 0.2) is 103 Å². The molecule has 200 valence electrons. The van der Waals surface area contributed by atoms with Gasteiger partial charge in [-0.2, -0.15) is 9.59 Å². The van der Waals surface area contributed by atoms with Gasteiger partial charge in [0, 0.05) is 41.3 Å². The number of nitrogens with one attached hydrogen (secondary N) is 1. The van der Waals surface area contributed by atoms with Gasteiger partial charge in [0.1, 0.15) is 0 Å². The van der Waals surface area contributed by atoms with Gasteiger partial charge in [-0.05, 0) is 36.4 Å². The van der Waals surface area contributed by atoms with Crippen LogP contribution in [0.2, 0.25) is 5.02 Å². The van der Waals surface area contributed by atoms with Crippen molar-refractivity contribution in [2.24, 2.45) is 0 Å². The molecule has 0 saturated carbocycles. The van der Waals surface area contributed by atoms with Crippen molar-refractivity contribution in [3.63, 3.8) is 0 Å². The number of anilines is 3. The second kappa shape index (κ2) is 17.0. The SMILES string of the molecule is Nc1ccccc1.O=C(O)c1ccc([N+](=O)[O-])cc1Cl.O=C=O.O=[N+]([O-])c1cccc(Nc2ccccc2)c1. The fourth-order valence-corrected chi connectivity index (χ4v) is 2.89. The van der Waals surface area contributed by atoms with Crippen molar-refractivity contribution in [1.29, 1.82) is 0 Å². The maximum Gasteiger partial charge on any atom is 0.373 e. The Morgan fingerprint density at radius 2 is 1.26 bits per heavy atom. The van der Waals surface area contributed by atoms with Crippen LogP contribution >= 0.6 is 11.6 Å². The first-order valence-corrected chi connectivity index (χ1v) is 11.0. The molecule has 0 unspecified atom stereocenters. The highest BCUT2D eigenvalue weighted by Gasteiger charge is 2.13. The van der Waals surface area contributed by atoms with E-state index in [0.29, 0.717) is 5.69 Å². The lowest BCUT2D eigenvalue weighted by Gasteiger charge is -2.05. The van der Waals surface area contributed by atoms with Crippen LogP contribution in [-0.4, -0.2) is 27.1 Å². The summed E-state index contributed by atoms with van der Waals surface area (Å²) in [6.45, 7) is 0. The van der Waals surface area contributed by atoms with Gasteiger partial charge in [0.15, 0.2) is 0 Å². The molecule has 4 aromatic rings. The summed E-state index contributed by atoms with van der Waals surface area (Å²) < 4.78 is 0. The zero-order valence-corrected chi connectivity index (χ0v) is 20.7. The molecule has 4 rings (SSSR count). The van der Waals surface area contributed by atoms with E-state index in [-0.39, 0.29) is 28.1 Å². The molecule has 0 spiro atoms. The number of nitrogen functional groups attached to an aromatic ring is 1. The average Bonchev–Trinajstić information content (AvgIpc) is 2.91. The highest BCUT2D eigenvalue weighted by molar-refractivity contribution is 6.33. The van der Waals surface area contributed by atoms with E-state index in [9.17, 15) is 25.0 Å². The molecular weight excluding hydrogens is 532 g/mol. The minimum Gasteiger partial charge on any atom is -0.478 e. The number of nitro benzene ring substituents is 2. The van der Waals surface area contributed by atoms with E-state index in [2.05, 4.69) is 5.32 Å². The normalized spacial score (nSPS) is 8.95. The minimum absolute atomic E-state index is 0.0842. The Kier molecular flexibility index (Phi) is 13.7. The summed E-state index contributed by atoms with van der Waals surface area (Å²) in [5, 5.41) is 32.3. The minimum atomic E-state index is -1.21. The highest BCUT2D eigenvalue weighted by atomic mass is 35.5. The van der Waals surface area contributed by atoms with E-state index >= 15 is 0 Å². The van der Waals surface area contributed by atoms with Crippen molar-refractivity contribution in [2.45, 2.75) is 0 Å². The fourth-order valence-electron chi connectivity index (χ4n) is 2.63. The molecule has 4 N–H and O–H groups in total. The monoisotopic (exact) mass is 552 g/mol. The number of nitrogens with zero attached hydrogens (tertiary/aromatic N) is 2. The van der Waals surface area contributed by atoms with E-state index in [1.54, 1.807) is 12.1 Å². The van der Waals surface area contributed by atoms with Crippen LogP contribution in [0.5, 0.6) is 0 Å². The van der Waals surface area contributed by atoms with Crippen molar-refractivity contribution in [3.8, 4) is 0 Å². The number of carboxylic acids is 1. The summed E-state index contributed by atoms with van der Waals surface area (Å²) in [6, 6.07) is 28.6. The summed E-state index contributed by atoms with van der Waals surface area (Å²) in [5.74, 6) is -1.21. The molecule has 4 aromatic carbocycles. The molecule has 0 aliphatic heterocycles. The van der Waals surface area contributed by atoms with Gasteiger partial charge < -0.3 is 16.2 Å². The number of nitro groups is 2. The molecule has 39 heavy (non-hydrogen) atoms. The summed E-state index contributed by atoms with van der Waals surface area (Å²) >= 11 is 5.48. The Hall–Kier alpha value is -5.58. The van der Waals surface area contributed by atoms with Gasteiger partial charge in [-0.25, -0.2) is 4.79 Å². The Bertz CT molecular complexity index is 1410. The van der Waals surface area contributed by atoms with Crippen molar-refractivity contribution in [3.05, 3.63) is 134 Å². The summed E-state index contributed by atoms with van der Waals surface area (Å²) in [7, 11) is 0. The van der Waals surface area contributed by atoms with Crippen molar-refractivity contribution in [2.75, 3.05) is 11.1 Å². The molecule has 0 aromatic heterocycles. The van der Waals surface area contributed by atoms with Gasteiger partial charge in [-0.1, -0.05) is 54.1 Å². The third kappa shape index (κ3) is 12.3. The first-order valence-electron chi connectivity index (χ1n) is 10.6. The number of para-hydroxylation sites is 2. The Morgan fingerprint density at radius 3 is 1.69 bits per heavy atom. The van der Waals surface area contributed by atoms with Gasteiger partial charge in [0.25, 0.3) is 11.4 Å². The Labute approximate surface area is 226 Å². The van der Waals surface area contributed by atoms with Crippen LogP contribution in [0.1, 0.15) is 10.4 Å². The molecule has 0 heterocycles. The number of carboxylic acid groups (broad SMARTS) is 1. The molecular formula is C26H21ClN4O8. The van der Waals surface area contributed by atoms with Crippen LogP contribution in [0.4, 0.5) is 28.4 Å². The molecule has 0 bridgehead atoms. The lowest BCUT2D eigenvalue weighted by molar-refractivity contribution is -0.385. The molecule has 0 fully saturated rings. The fraction of sp³-hybridized carbons (Fsp3) is 0. The Balaban J connectivity index is 0.000000295. The van der Waals surface area contributed by atoms with Crippen molar-refractivity contribution >= 4 is 52.2 Å². The third-order valence-electron chi connectivity index (χ3n) is 4.31. The number of carbonyl (C=O) groups excluding carboxylic acids is 2. The molecule has 0 saturated heterocycles. The summed E-state index contributed by atoms with van der Waals surface area (Å²) in [4.78, 5) is 46.5. The molecule has 12 nitrogen and oxygen atoms in total. The third-order valence-corrected chi connectivity index (χ3v) is 4.63. The lowest BCUT2D eigenvalue weighted by atomic mass is 10.2. The van der Waals surface area contributed by atoms with E-state index in [1.807, 2.05) is 60.7 Å². The van der Waals surface area contributed by atoms with E-state index in [0.717, 1.165) is 29.6 Å². The molecule has 0 amide bonds. The number of aromatic carboxylic acids is 1. The van der Waals surface area contributed by atoms with E-state index in [4.69, 9.17) is 32.0 Å². The summed E-state index contributed by atoms with van der Waals surface area (Å²) in [5.41, 5.74) is 7.51. The van der Waals surface area contributed by atoms with E-state index < -0.39 is 15.8 Å². The smallest absolute Gasteiger partial charge is 0.373 e. The molecule has 0 atom stereocenters. The second-order valence-electron chi connectivity index (χ2n) is 7.02. The van der Waals surface area contributed by atoms with Crippen LogP contribution in [0.3, 0.4) is 0 Å². The van der Waals surface area contributed by atoms with Gasteiger partial charge in [-0.15, -0.1) is 0 Å². The first kappa shape index (κ1) is 31.4. The summed E-state index contributed by atoms with van der Waals surface area (Å²) in [6.07, 6.45) is 0.250. The number of benzene rings is 4. The van der Waals surface area contributed by atoms with Crippen LogP contribution in [-0.2, 0) is 9.59 Å². The van der Waals surface area contributed by atoms with Gasteiger partial charge >= 0.3 is 12.1 Å². The molecule has 0 aliphatic rings. The second-order valence-corrected chi connectivity index (χ2v) is 7.43. The van der Waals surface area contributed by atoms with Crippen LogP contribution in [0.25, 0.3) is 0 Å². The van der Waals surface area contributed by atoms with Gasteiger partial charge in [0.05, 0.1) is 20.4 Å². The number of hydrogen-bond donors (Lipinski definition) is 3. The number of rotatable bonds is 5. The predicted molar refractivity (Wildman–Crippen MR) is 144 cm³/mol. The zero-order valence-electron chi connectivity index (χ0n) is 20.0. The number of non-ortho nitro benzene ring substituents is 2. The van der Waals surface area contributed by atoms with Gasteiger partial charge in [0.2, 0.25) is 0 Å². The number of carbonyl (C=O) groups is 1. The molecule has 13 heteroatoms. The Morgan fingerprint density at radius 1 is 0.769 bits per heavy atom. The van der Waals surface area contributed by atoms with Crippen LogP contribution in [0, 0.1) is 20.2 Å². The van der Waals surface area contributed by atoms with Gasteiger partial charge in [-0.3, -0.25) is 20.2 Å². The topological polar surface area (TPSA) is 196 Å². The number of hydrogen-bond acceptors (Lipinski definition) is 9. The largest absolute Gasteiger partial charge is 0.478 e. The quantitative estimate of drug-likeness (QED) is 0.150. The maximum atomic E-state index is 10.6. The molecule has 0 radical (unpaired) electrons. The predicted octanol–water partition coefficient (Wildman–Crippen LogP) is 5.97.